The third-order valence-corrected chi connectivity index (χ3v) is 7.34. The van der Waals surface area contributed by atoms with Crippen LogP contribution in [0.5, 0.6) is 0 Å². The molecule has 1 aliphatic rings. The third kappa shape index (κ3) is 5.03. The van der Waals surface area contributed by atoms with Gasteiger partial charge in [-0.05, 0) is 61.9 Å². The van der Waals surface area contributed by atoms with E-state index in [0.717, 1.165) is 11.1 Å². The predicted octanol–water partition coefficient (Wildman–Crippen LogP) is 1.85. The van der Waals surface area contributed by atoms with Crippen LogP contribution in [0, 0.1) is 19.8 Å². The van der Waals surface area contributed by atoms with Crippen LogP contribution in [0.4, 0.5) is 5.69 Å². The summed E-state index contributed by atoms with van der Waals surface area (Å²) in [5.41, 5.74) is 2.56. The number of aryl methyl sites for hydroxylation is 1. The first-order chi connectivity index (χ1) is 14.3. The highest BCUT2D eigenvalue weighted by molar-refractivity contribution is 7.89. The van der Waals surface area contributed by atoms with E-state index in [1.165, 1.54) is 22.8 Å². The van der Waals surface area contributed by atoms with E-state index in [-0.39, 0.29) is 10.8 Å². The van der Waals surface area contributed by atoms with Crippen molar-refractivity contribution in [2.24, 2.45) is 5.92 Å². The summed E-state index contributed by atoms with van der Waals surface area (Å²) in [6.45, 7) is 4.89. The number of benzene rings is 1. The number of pyridine rings is 1. The van der Waals surface area contributed by atoms with Crippen molar-refractivity contribution in [3.63, 3.8) is 0 Å². The normalized spacial score (nSPS) is 15.5. The number of nitrogens with zero attached hydrogens (tertiary/aromatic N) is 2. The van der Waals surface area contributed by atoms with Crippen LogP contribution in [-0.2, 0) is 19.6 Å². The fourth-order valence-electron chi connectivity index (χ4n) is 3.39. The van der Waals surface area contributed by atoms with E-state index in [2.05, 4.69) is 15.6 Å². The largest absolute Gasteiger partial charge is 0.348 e. The van der Waals surface area contributed by atoms with Gasteiger partial charge in [0.1, 0.15) is 4.90 Å². The quantitative estimate of drug-likeness (QED) is 0.704. The molecule has 1 fully saturated rings. The lowest BCUT2D eigenvalue weighted by Gasteiger charge is -2.31. The SMILES string of the molecule is Cc1cccc(NC(=O)C(=O)NCC2CCN(S(=O)(=O)c3cccnc3)CC2)c1C. The number of carbonyl (C=O) groups is 2. The molecule has 2 aromatic rings. The molecule has 1 aromatic carbocycles. The molecule has 0 aliphatic carbocycles. The smallest absolute Gasteiger partial charge is 0.313 e. The van der Waals surface area contributed by atoms with Crippen LogP contribution in [0.2, 0.25) is 0 Å². The van der Waals surface area contributed by atoms with Crippen molar-refractivity contribution in [1.29, 1.82) is 0 Å². The number of hydrogen-bond acceptors (Lipinski definition) is 5. The van der Waals surface area contributed by atoms with Gasteiger partial charge in [-0.1, -0.05) is 12.1 Å². The second-order valence-electron chi connectivity index (χ2n) is 7.45. The van der Waals surface area contributed by atoms with E-state index >= 15 is 0 Å². The molecule has 2 heterocycles. The molecule has 1 aliphatic heterocycles. The number of sulfonamides is 1. The molecule has 1 saturated heterocycles. The van der Waals surface area contributed by atoms with Crippen molar-refractivity contribution < 1.29 is 18.0 Å². The summed E-state index contributed by atoms with van der Waals surface area (Å²) in [6.07, 6.45) is 4.09. The van der Waals surface area contributed by atoms with E-state index in [4.69, 9.17) is 0 Å². The lowest BCUT2D eigenvalue weighted by atomic mass is 9.98. The second-order valence-corrected chi connectivity index (χ2v) is 9.39. The molecule has 0 radical (unpaired) electrons. The van der Waals surface area contributed by atoms with Gasteiger partial charge in [-0.2, -0.15) is 4.31 Å². The molecule has 0 saturated carbocycles. The zero-order valence-electron chi connectivity index (χ0n) is 17.1. The lowest BCUT2D eigenvalue weighted by Crippen LogP contribution is -2.43. The van der Waals surface area contributed by atoms with Crippen LogP contribution >= 0.6 is 0 Å². The molecule has 30 heavy (non-hydrogen) atoms. The van der Waals surface area contributed by atoms with Gasteiger partial charge < -0.3 is 10.6 Å². The van der Waals surface area contributed by atoms with E-state index in [9.17, 15) is 18.0 Å². The number of hydrogen-bond donors (Lipinski definition) is 2. The van der Waals surface area contributed by atoms with Crippen molar-refractivity contribution in [2.45, 2.75) is 31.6 Å². The first-order valence-electron chi connectivity index (χ1n) is 9.84. The Hall–Kier alpha value is -2.78. The minimum atomic E-state index is -3.55. The number of anilines is 1. The third-order valence-electron chi connectivity index (χ3n) is 5.46. The molecule has 3 rings (SSSR count). The second kappa shape index (κ2) is 9.36. The number of aromatic nitrogens is 1. The first kappa shape index (κ1) is 21.9. The Balaban J connectivity index is 1.48. The molecule has 0 bridgehead atoms. The maximum absolute atomic E-state index is 12.6. The molecule has 1 aromatic heterocycles. The summed E-state index contributed by atoms with van der Waals surface area (Å²) in [7, 11) is -3.55. The lowest BCUT2D eigenvalue weighted by molar-refractivity contribution is -0.136. The molecule has 2 amide bonds. The fourth-order valence-corrected chi connectivity index (χ4v) is 4.82. The molecule has 9 heteroatoms. The molecule has 2 N–H and O–H groups in total. The maximum Gasteiger partial charge on any atom is 0.313 e. The number of rotatable bonds is 5. The topological polar surface area (TPSA) is 108 Å². The highest BCUT2D eigenvalue weighted by Crippen LogP contribution is 2.23. The van der Waals surface area contributed by atoms with E-state index in [1.807, 2.05) is 26.0 Å². The van der Waals surface area contributed by atoms with Crippen LogP contribution < -0.4 is 10.6 Å². The summed E-state index contributed by atoms with van der Waals surface area (Å²) in [6, 6.07) is 8.64. The van der Waals surface area contributed by atoms with Gasteiger partial charge in [-0.15, -0.1) is 0 Å². The summed E-state index contributed by atoms with van der Waals surface area (Å²) < 4.78 is 26.7. The van der Waals surface area contributed by atoms with Gasteiger partial charge in [-0.25, -0.2) is 8.42 Å². The molecule has 160 valence electrons. The Labute approximate surface area is 176 Å². The summed E-state index contributed by atoms with van der Waals surface area (Å²) in [4.78, 5) is 28.4. The minimum Gasteiger partial charge on any atom is -0.348 e. The van der Waals surface area contributed by atoms with Gasteiger partial charge in [0.2, 0.25) is 10.0 Å². The van der Waals surface area contributed by atoms with Gasteiger partial charge in [0.05, 0.1) is 0 Å². The number of amides is 2. The van der Waals surface area contributed by atoms with E-state index in [1.54, 1.807) is 12.1 Å². The van der Waals surface area contributed by atoms with Crippen LogP contribution in [0.15, 0.2) is 47.6 Å². The van der Waals surface area contributed by atoms with E-state index < -0.39 is 21.8 Å². The van der Waals surface area contributed by atoms with Crippen molar-refractivity contribution in [2.75, 3.05) is 25.0 Å². The van der Waals surface area contributed by atoms with Crippen molar-refractivity contribution >= 4 is 27.5 Å². The number of nitrogens with one attached hydrogen (secondary N) is 2. The van der Waals surface area contributed by atoms with Gasteiger partial charge >= 0.3 is 11.8 Å². The van der Waals surface area contributed by atoms with Gasteiger partial charge in [0.15, 0.2) is 0 Å². The molecule has 0 spiro atoms. The van der Waals surface area contributed by atoms with Crippen LogP contribution in [0.3, 0.4) is 0 Å². The molecular formula is C21H26N4O4S. The fraction of sp³-hybridized carbons (Fsp3) is 0.381. The van der Waals surface area contributed by atoms with E-state index in [0.29, 0.717) is 38.2 Å². The van der Waals surface area contributed by atoms with Gasteiger partial charge in [0.25, 0.3) is 0 Å². The van der Waals surface area contributed by atoms with Crippen molar-refractivity contribution in [3.8, 4) is 0 Å². The Morgan fingerprint density at radius 1 is 1.10 bits per heavy atom. The monoisotopic (exact) mass is 430 g/mol. The zero-order valence-corrected chi connectivity index (χ0v) is 17.9. The minimum absolute atomic E-state index is 0.114. The Bertz CT molecular complexity index is 1020. The first-order valence-corrected chi connectivity index (χ1v) is 11.3. The Kier molecular flexibility index (Phi) is 6.84. The van der Waals surface area contributed by atoms with Crippen molar-refractivity contribution in [3.05, 3.63) is 53.9 Å². The summed E-state index contributed by atoms with van der Waals surface area (Å²) in [5.74, 6) is -1.29. The molecule has 8 nitrogen and oxygen atoms in total. The average Bonchev–Trinajstić information content (AvgIpc) is 2.76. The van der Waals surface area contributed by atoms with Crippen LogP contribution in [-0.4, -0.2) is 49.2 Å². The Morgan fingerprint density at radius 2 is 1.83 bits per heavy atom. The molecule has 0 unspecified atom stereocenters. The standard InChI is InChI=1S/C21H26N4O4S/c1-15-5-3-7-19(16(15)2)24-21(27)20(26)23-13-17-8-11-25(12-9-17)30(28,29)18-6-4-10-22-14-18/h3-7,10,14,17H,8-9,11-13H2,1-2H3,(H,23,26)(H,24,27). The zero-order chi connectivity index (χ0) is 21.7. The van der Waals surface area contributed by atoms with Crippen molar-refractivity contribution in [1.82, 2.24) is 14.6 Å². The average molecular weight is 431 g/mol. The van der Waals surface area contributed by atoms with Gasteiger partial charge in [0, 0.05) is 37.7 Å². The summed E-state index contributed by atoms with van der Waals surface area (Å²) in [5, 5.41) is 5.30. The number of carbonyl (C=O) groups excluding carboxylic acids is 2. The van der Waals surface area contributed by atoms with Crippen LogP contribution in [0.25, 0.3) is 0 Å². The highest BCUT2D eigenvalue weighted by atomic mass is 32.2. The van der Waals surface area contributed by atoms with Crippen LogP contribution in [0.1, 0.15) is 24.0 Å². The molecule has 0 atom stereocenters. The Morgan fingerprint density at radius 3 is 2.50 bits per heavy atom. The maximum atomic E-state index is 12.6. The predicted molar refractivity (Wildman–Crippen MR) is 113 cm³/mol. The number of piperidine rings is 1. The highest BCUT2D eigenvalue weighted by Gasteiger charge is 2.30. The molecular weight excluding hydrogens is 404 g/mol. The summed E-state index contributed by atoms with van der Waals surface area (Å²) >= 11 is 0. The van der Waals surface area contributed by atoms with Gasteiger partial charge in [-0.3, -0.25) is 14.6 Å².